The lowest BCUT2D eigenvalue weighted by molar-refractivity contribution is -0.130. The van der Waals surface area contributed by atoms with Gasteiger partial charge in [0, 0.05) is 25.5 Å². The molecule has 0 spiro atoms. The molecule has 2 aromatic rings. The maximum atomic E-state index is 12.3. The third-order valence-electron chi connectivity index (χ3n) is 4.23. The first-order valence-electron chi connectivity index (χ1n) is 9.14. The first kappa shape index (κ1) is 21.2. The summed E-state index contributed by atoms with van der Waals surface area (Å²) in [5.41, 5.74) is 0.615. The minimum Gasteiger partial charge on any atom is -0.494 e. The van der Waals surface area contributed by atoms with E-state index in [1.54, 1.807) is 38.2 Å². The molecule has 0 fully saturated rings. The predicted molar refractivity (Wildman–Crippen MR) is 103 cm³/mol. The van der Waals surface area contributed by atoms with E-state index in [1.807, 2.05) is 6.92 Å². The topological polar surface area (TPSA) is 97.1 Å². The molecule has 1 aromatic heterocycles. The molecule has 7 heteroatoms. The van der Waals surface area contributed by atoms with Crippen molar-refractivity contribution in [3.63, 3.8) is 0 Å². The standard InChI is InChI=1S/C21H25NO6/c1-4-11-27-16-7-5-15(6-8-16)19(23)9-10-20(24)22(3)13-17-12-18(21(25)26)14(2)28-17/h5-8,12H,4,9-11,13H2,1-3H3,(H,25,26). The number of ether oxygens (including phenoxy) is 1. The second-order valence-corrected chi connectivity index (χ2v) is 6.53. The van der Waals surface area contributed by atoms with Gasteiger partial charge in [-0.3, -0.25) is 9.59 Å². The van der Waals surface area contributed by atoms with Crippen molar-refractivity contribution in [3.05, 3.63) is 53.0 Å². The van der Waals surface area contributed by atoms with E-state index in [-0.39, 0.29) is 36.6 Å². The lowest BCUT2D eigenvalue weighted by Gasteiger charge is -2.15. The fourth-order valence-corrected chi connectivity index (χ4v) is 2.67. The van der Waals surface area contributed by atoms with Crippen molar-refractivity contribution in [1.29, 1.82) is 0 Å². The Labute approximate surface area is 163 Å². The van der Waals surface area contributed by atoms with Crippen LogP contribution in [0.25, 0.3) is 0 Å². The van der Waals surface area contributed by atoms with Gasteiger partial charge >= 0.3 is 5.97 Å². The van der Waals surface area contributed by atoms with E-state index < -0.39 is 5.97 Å². The van der Waals surface area contributed by atoms with Crippen LogP contribution in [-0.2, 0) is 11.3 Å². The molecule has 0 saturated heterocycles. The highest BCUT2D eigenvalue weighted by Gasteiger charge is 2.18. The summed E-state index contributed by atoms with van der Waals surface area (Å²) in [7, 11) is 1.59. The number of carboxylic acids is 1. The molecule has 0 aliphatic carbocycles. The van der Waals surface area contributed by atoms with Crippen LogP contribution in [0.1, 0.15) is 58.4 Å². The zero-order valence-electron chi connectivity index (χ0n) is 16.4. The van der Waals surface area contributed by atoms with Crippen LogP contribution < -0.4 is 4.74 Å². The van der Waals surface area contributed by atoms with Gasteiger partial charge in [-0.25, -0.2) is 4.79 Å². The molecule has 0 radical (unpaired) electrons. The number of hydrogen-bond acceptors (Lipinski definition) is 5. The predicted octanol–water partition coefficient (Wildman–Crippen LogP) is 3.70. The van der Waals surface area contributed by atoms with Crippen LogP contribution in [0, 0.1) is 6.92 Å². The van der Waals surface area contributed by atoms with Crippen LogP contribution in [0.2, 0.25) is 0 Å². The highest BCUT2D eigenvalue weighted by Crippen LogP contribution is 2.17. The zero-order chi connectivity index (χ0) is 20.7. The van der Waals surface area contributed by atoms with E-state index in [9.17, 15) is 14.4 Å². The van der Waals surface area contributed by atoms with Crippen molar-refractivity contribution in [1.82, 2.24) is 4.90 Å². The van der Waals surface area contributed by atoms with Gasteiger partial charge in [0.15, 0.2) is 5.78 Å². The average Bonchev–Trinajstić information content (AvgIpc) is 3.04. The molecule has 0 bridgehead atoms. The lowest BCUT2D eigenvalue weighted by Crippen LogP contribution is -2.26. The molecule has 1 N–H and O–H groups in total. The number of aromatic carboxylic acids is 1. The molecule has 7 nitrogen and oxygen atoms in total. The number of amides is 1. The number of nitrogens with zero attached hydrogens (tertiary/aromatic N) is 1. The van der Waals surface area contributed by atoms with E-state index in [2.05, 4.69) is 0 Å². The van der Waals surface area contributed by atoms with E-state index in [0.717, 1.165) is 6.42 Å². The van der Waals surface area contributed by atoms with Crippen LogP contribution in [0.4, 0.5) is 0 Å². The van der Waals surface area contributed by atoms with Gasteiger partial charge in [-0.1, -0.05) is 6.92 Å². The Kier molecular flexibility index (Phi) is 7.37. The summed E-state index contributed by atoms with van der Waals surface area (Å²) in [6.07, 6.45) is 1.07. The Bertz CT molecular complexity index is 837. The van der Waals surface area contributed by atoms with Crippen LogP contribution in [0.5, 0.6) is 5.75 Å². The molecular formula is C21H25NO6. The number of rotatable bonds is 10. The van der Waals surface area contributed by atoms with Crippen molar-refractivity contribution in [2.75, 3.05) is 13.7 Å². The van der Waals surface area contributed by atoms with Gasteiger partial charge in [0.2, 0.25) is 5.91 Å². The molecule has 1 heterocycles. The van der Waals surface area contributed by atoms with E-state index >= 15 is 0 Å². The van der Waals surface area contributed by atoms with Gasteiger partial charge in [0.25, 0.3) is 0 Å². The van der Waals surface area contributed by atoms with Crippen molar-refractivity contribution in [2.24, 2.45) is 0 Å². The van der Waals surface area contributed by atoms with Crippen LogP contribution >= 0.6 is 0 Å². The third kappa shape index (κ3) is 5.70. The molecule has 0 atom stereocenters. The van der Waals surface area contributed by atoms with Crippen LogP contribution in [0.15, 0.2) is 34.7 Å². The largest absolute Gasteiger partial charge is 0.494 e. The maximum absolute atomic E-state index is 12.3. The number of carboxylic acid groups (broad SMARTS) is 1. The number of Topliss-reactive ketones (excluding diaryl/α,β-unsaturated/α-hetero) is 1. The van der Waals surface area contributed by atoms with Crippen molar-refractivity contribution >= 4 is 17.7 Å². The van der Waals surface area contributed by atoms with E-state index in [0.29, 0.717) is 29.4 Å². The van der Waals surface area contributed by atoms with E-state index in [4.69, 9.17) is 14.3 Å². The highest BCUT2D eigenvalue weighted by molar-refractivity contribution is 5.98. The second kappa shape index (κ2) is 9.73. The molecular weight excluding hydrogens is 362 g/mol. The molecule has 1 amide bonds. The summed E-state index contributed by atoms with van der Waals surface area (Å²) < 4.78 is 10.9. The lowest BCUT2D eigenvalue weighted by atomic mass is 10.1. The third-order valence-corrected chi connectivity index (χ3v) is 4.23. The summed E-state index contributed by atoms with van der Waals surface area (Å²) in [5, 5.41) is 9.05. The highest BCUT2D eigenvalue weighted by atomic mass is 16.5. The molecule has 0 aliphatic heterocycles. The Hall–Kier alpha value is -3.09. The number of hydrogen-bond donors (Lipinski definition) is 1. The first-order valence-corrected chi connectivity index (χ1v) is 9.14. The number of benzene rings is 1. The molecule has 1 aromatic carbocycles. The van der Waals surface area contributed by atoms with Crippen molar-refractivity contribution in [2.45, 2.75) is 39.7 Å². The summed E-state index contributed by atoms with van der Waals surface area (Å²) in [4.78, 5) is 37.0. The van der Waals surface area contributed by atoms with E-state index in [1.165, 1.54) is 11.0 Å². The fourth-order valence-electron chi connectivity index (χ4n) is 2.67. The fraction of sp³-hybridized carbons (Fsp3) is 0.381. The minimum absolute atomic E-state index is 0.0644. The van der Waals surface area contributed by atoms with Gasteiger partial charge in [-0.05, 0) is 43.7 Å². The summed E-state index contributed by atoms with van der Waals surface area (Å²) in [6, 6.07) is 8.29. The zero-order valence-corrected chi connectivity index (χ0v) is 16.4. The normalized spacial score (nSPS) is 10.5. The maximum Gasteiger partial charge on any atom is 0.339 e. The summed E-state index contributed by atoms with van der Waals surface area (Å²) in [6.45, 7) is 4.35. The van der Waals surface area contributed by atoms with Crippen molar-refractivity contribution < 1.29 is 28.6 Å². The molecule has 28 heavy (non-hydrogen) atoms. The van der Waals surface area contributed by atoms with Crippen molar-refractivity contribution in [3.8, 4) is 5.75 Å². The van der Waals surface area contributed by atoms with Gasteiger partial charge < -0.3 is 19.2 Å². The van der Waals surface area contributed by atoms with Crippen LogP contribution in [0.3, 0.4) is 0 Å². The molecule has 0 saturated carbocycles. The molecule has 2 rings (SSSR count). The number of carbonyl (C=O) groups is 3. The SMILES string of the molecule is CCCOc1ccc(C(=O)CCC(=O)N(C)Cc2cc(C(=O)O)c(C)o2)cc1. The summed E-state index contributed by atoms with van der Waals surface area (Å²) in [5.74, 6) is -0.0144. The molecule has 0 aliphatic rings. The van der Waals surface area contributed by atoms with Crippen LogP contribution in [-0.4, -0.2) is 41.3 Å². The van der Waals surface area contributed by atoms with Gasteiger partial charge in [0.1, 0.15) is 22.8 Å². The Morgan fingerprint density at radius 2 is 1.82 bits per heavy atom. The number of carbonyl (C=O) groups excluding carboxylic acids is 2. The number of ketones is 1. The Balaban J connectivity index is 1.86. The van der Waals surface area contributed by atoms with Gasteiger partial charge in [0.05, 0.1) is 13.2 Å². The summed E-state index contributed by atoms with van der Waals surface area (Å²) >= 11 is 0. The smallest absolute Gasteiger partial charge is 0.339 e. The second-order valence-electron chi connectivity index (χ2n) is 6.53. The quantitative estimate of drug-likeness (QED) is 0.625. The number of aryl methyl sites for hydroxylation is 1. The Morgan fingerprint density at radius 3 is 2.39 bits per heavy atom. The Morgan fingerprint density at radius 1 is 1.14 bits per heavy atom. The number of furan rings is 1. The van der Waals surface area contributed by atoms with Gasteiger partial charge in [-0.15, -0.1) is 0 Å². The monoisotopic (exact) mass is 387 g/mol. The molecule has 150 valence electrons. The average molecular weight is 387 g/mol. The van der Waals surface area contributed by atoms with Gasteiger partial charge in [-0.2, -0.15) is 0 Å². The minimum atomic E-state index is -1.07. The first-order chi connectivity index (χ1) is 13.3. The molecule has 0 unspecified atom stereocenters.